The van der Waals surface area contributed by atoms with E-state index in [9.17, 15) is 14.4 Å². The van der Waals surface area contributed by atoms with Gasteiger partial charge in [-0.25, -0.2) is 0 Å². The maximum absolute atomic E-state index is 12.6. The number of hydrogen-bond donors (Lipinski definition) is 1. The minimum absolute atomic E-state index is 0.0468. The van der Waals surface area contributed by atoms with Crippen molar-refractivity contribution in [3.8, 4) is 5.75 Å². The highest BCUT2D eigenvalue weighted by Gasteiger charge is 2.30. The summed E-state index contributed by atoms with van der Waals surface area (Å²) in [4.78, 5) is 37.2. The minimum Gasteiger partial charge on any atom is -0.427 e. The Labute approximate surface area is 147 Å². The van der Waals surface area contributed by atoms with Crippen molar-refractivity contribution in [3.63, 3.8) is 0 Å². The molecule has 1 saturated heterocycles. The van der Waals surface area contributed by atoms with Gasteiger partial charge in [0.05, 0.1) is 0 Å². The molecule has 2 fully saturated rings. The number of hydrogen-bond acceptors (Lipinski definition) is 4. The highest BCUT2D eigenvalue weighted by molar-refractivity contribution is 5.94. The van der Waals surface area contributed by atoms with E-state index in [4.69, 9.17) is 4.74 Å². The fraction of sp³-hybridized carbons (Fsp3) is 0.526. The van der Waals surface area contributed by atoms with Gasteiger partial charge in [0.2, 0.25) is 5.91 Å². The number of carbonyl (C=O) groups excluding carboxylic acids is 3. The molecule has 0 unspecified atom stereocenters. The van der Waals surface area contributed by atoms with Crippen LogP contribution in [0.4, 0.5) is 0 Å². The van der Waals surface area contributed by atoms with Gasteiger partial charge in [0.1, 0.15) is 5.75 Å². The fourth-order valence-electron chi connectivity index (χ4n) is 3.12. The van der Waals surface area contributed by atoms with Crippen LogP contribution < -0.4 is 10.1 Å². The van der Waals surface area contributed by atoms with Crippen LogP contribution >= 0.6 is 0 Å². The summed E-state index contributed by atoms with van der Waals surface area (Å²) < 4.78 is 5.04. The molecule has 6 heteroatoms. The Kier molecular flexibility index (Phi) is 5.36. The third-order valence-electron chi connectivity index (χ3n) is 4.76. The van der Waals surface area contributed by atoms with Gasteiger partial charge in [-0.2, -0.15) is 0 Å². The van der Waals surface area contributed by atoms with E-state index >= 15 is 0 Å². The summed E-state index contributed by atoms with van der Waals surface area (Å²) in [6.07, 6.45) is 3.82. The first kappa shape index (κ1) is 17.5. The van der Waals surface area contributed by atoms with Crippen molar-refractivity contribution in [2.45, 2.75) is 32.6 Å². The zero-order valence-corrected chi connectivity index (χ0v) is 14.5. The molecule has 3 rings (SSSR count). The van der Waals surface area contributed by atoms with Crippen LogP contribution in [0, 0.1) is 11.8 Å². The second kappa shape index (κ2) is 7.68. The van der Waals surface area contributed by atoms with Crippen LogP contribution in [0.3, 0.4) is 0 Å². The first-order valence-corrected chi connectivity index (χ1v) is 8.88. The van der Waals surface area contributed by atoms with Crippen molar-refractivity contribution in [1.82, 2.24) is 10.2 Å². The molecule has 1 aromatic rings. The molecule has 1 aliphatic carbocycles. The Bertz CT molecular complexity index is 661. The van der Waals surface area contributed by atoms with E-state index in [1.54, 1.807) is 24.3 Å². The van der Waals surface area contributed by atoms with E-state index in [-0.39, 0.29) is 17.7 Å². The van der Waals surface area contributed by atoms with Crippen molar-refractivity contribution >= 4 is 17.8 Å². The van der Waals surface area contributed by atoms with E-state index in [0.717, 1.165) is 25.7 Å². The van der Waals surface area contributed by atoms with E-state index in [1.165, 1.54) is 6.92 Å². The summed E-state index contributed by atoms with van der Waals surface area (Å²) in [5.74, 6) is 0.787. The Morgan fingerprint density at radius 2 is 1.88 bits per heavy atom. The summed E-state index contributed by atoms with van der Waals surface area (Å²) in [5, 5.41) is 3.02. The van der Waals surface area contributed by atoms with E-state index in [0.29, 0.717) is 36.9 Å². The lowest BCUT2D eigenvalue weighted by molar-refractivity contribution is -0.131. The van der Waals surface area contributed by atoms with Crippen molar-refractivity contribution in [1.29, 1.82) is 0 Å². The lowest BCUT2D eigenvalue weighted by Gasteiger charge is -2.32. The summed E-state index contributed by atoms with van der Waals surface area (Å²) in [6.45, 7) is 3.40. The van der Waals surface area contributed by atoms with Crippen molar-refractivity contribution in [2.75, 3.05) is 19.6 Å². The van der Waals surface area contributed by atoms with Gasteiger partial charge in [-0.15, -0.1) is 0 Å². The SMILES string of the molecule is CC(=O)Oc1cccc(C(=O)N2CCC(CNC(=O)C3CC3)CC2)c1. The Morgan fingerprint density at radius 3 is 2.52 bits per heavy atom. The molecule has 1 saturated carbocycles. The van der Waals surface area contributed by atoms with Crippen LogP contribution in [-0.4, -0.2) is 42.3 Å². The summed E-state index contributed by atoms with van der Waals surface area (Å²) in [7, 11) is 0. The number of nitrogens with one attached hydrogen (secondary N) is 1. The Morgan fingerprint density at radius 1 is 1.16 bits per heavy atom. The number of carbonyl (C=O) groups is 3. The van der Waals surface area contributed by atoms with Crippen LogP contribution in [0.2, 0.25) is 0 Å². The normalized spacial score (nSPS) is 17.9. The van der Waals surface area contributed by atoms with Gasteiger partial charge in [0.25, 0.3) is 5.91 Å². The molecular formula is C19H24N2O4. The second-order valence-electron chi connectivity index (χ2n) is 6.88. The maximum atomic E-state index is 12.6. The molecule has 2 aliphatic rings. The zero-order chi connectivity index (χ0) is 17.8. The van der Waals surface area contributed by atoms with Crippen molar-refractivity contribution < 1.29 is 19.1 Å². The number of benzene rings is 1. The highest BCUT2D eigenvalue weighted by atomic mass is 16.5. The van der Waals surface area contributed by atoms with E-state index in [1.807, 2.05) is 4.90 Å². The molecule has 0 bridgehead atoms. The molecule has 1 N–H and O–H groups in total. The fourth-order valence-corrected chi connectivity index (χ4v) is 3.12. The molecule has 0 radical (unpaired) electrons. The molecule has 1 aliphatic heterocycles. The number of amides is 2. The molecule has 2 amide bonds. The van der Waals surface area contributed by atoms with Gasteiger partial charge in [-0.1, -0.05) is 6.07 Å². The third-order valence-corrected chi connectivity index (χ3v) is 4.76. The van der Waals surface area contributed by atoms with Crippen LogP contribution in [0.15, 0.2) is 24.3 Å². The monoisotopic (exact) mass is 344 g/mol. The Hall–Kier alpha value is -2.37. The average Bonchev–Trinajstić information content (AvgIpc) is 3.44. The number of rotatable bonds is 5. The quantitative estimate of drug-likeness (QED) is 0.655. The van der Waals surface area contributed by atoms with E-state index < -0.39 is 5.97 Å². The molecule has 134 valence electrons. The predicted octanol–water partition coefficient (Wildman–Crippen LogP) is 1.99. The van der Waals surface area contributed by atoms with Gasteiger partial charge in [-0.05, 0) is 49.8 Å². The largest absolute Gasteiger partial charge is 0.427 e. The van der Waals surface area contributed by atoms with E-state index in [2.05, 4.69) is 5.32 Å². The molecule has 0 aromatic heterocycles. The molecule has 25 heavy (non-hydrogen) atoms. The molecular weight excluding hydrogens is 320 g/mol. The summed E-state index contributed by atoms with van der Waals surface area (Å²) >= 11 is 0. The standard InChI is InChI=1S/C19H24N2O4/c1-13(22)25-17-4-2-3-16(11-17)19(24)21-9-7-14(8-10-21)12-20-18(23)15-5-6-15/h2-4,11,14-15H,5-10,12H2,1H3,(H,20,23). The first-order chi connectivity index (χ1) is 12.0. The zero-order valence-electron chi connectivity index (χ0n) is 14.5. The predicted molar refractivity (Wildman–Crippen MR) is 92.1 cm³/mol. The van der Waals surface area contributed by atoms with Crippen LogP contribution in [0.25, 0.3) is 0 Å². The smallest absolute Gasteiger partial charge is 0.308 e. The molecule has 1 aromatic carbocycles. The van der Waals surface area contributed by atoms with Gasteiger partial charge in [-0.3, -0.25) is 14.4 Å². The summed E-state index contributed by atoms with van der Waals surface area (Å²) in [5.41, 5.74) is 0.527. The van der Waals surface area contributed by atoms with Crippen molar-refractivity contribution in [2.24, 2.45) is 11.8 Å². The highest BCUT2D eigenvalue weighted by Crippen LogP contribution is 2.29. The van der Waals surface area contributed by atoms with Gasteiger partial charge < -0.3 is 15.0 Å². The third kappa shape index (κ3) is 4.81. The Balaban J connectivity index is 1.49. The van der Waals surface area contributed by atoms with Gasteiger partial charge in [0, 0.05) is 38.0 Å². The van der Waals surface area contributed by atoms with Crippen LogP contribution in [0.5, 0.6) is 5.75 Å². The van der Waals surface area contributed by atoms with Crippen LogP contribution in [-0.2, 0) is 9.59 Å². The summed E-state index contributed by atoms with van der Waals surface area (Å²) in [6, 6.07) is 6.71. The average molecular weight is 344 g/mol. The maximum Gasteiger partial charge on any atom is 0.308 e. The molecule has 0 spiro atoms. The molecule has 1 heterocycles. The van der Waals surface area contributed by atoms with Crippen molar-refractivity contribution in [3.05, 3.63) is 29.8 Å². The topological polar surface area (TPSA) is 75.7 Å². The lowest BCUT2D eigenvalue weighted by atomic mass is 9.96. The first-order valence-electron chi connectivity index (χ1n) is 8.88. The number of nitrogens with zero attached hydrogens (tertiary/aromatic N) is 1. The lowest BCUT2D eigenvalue weighted by Crippen LogP contribution is -2.41. The van der Waals surface area contributed by atoms with Gasteiger partial charge >= 0.3 is 5.97 Å². The minimum atomic E-state index is -0.404. The molecule has 0 atom stereocenters. The molecule has 6 nitrogen and oxygen atoms in total. The number of esters is 1. The number of likely N-dealkylation sites (tertiary alicyclic amines) is 1. The number of ether oxygens (including phenoxy) is 1. The van der Waals surface area contributed by atoms with Crippen LogP contribution in [0.1, 0.15) is 43.0 Å². The number of piperidine rings is 1. The second-order valence-corrected chi connectivity index (χ2v) is 6.88. The van der Waals surface area contributed by atoms with Gasteiger partial charge in [0.15, 0.2) is 0 Å².